The van der Waals surface area contributed by atoms with Gasteiger partial charge >= 0.3 is 0 Å². The highest BCUT2D eigenvalue weighted by atomic mass is 35.5. The van der Waals surface area contributed by atoms with Crippen LogP contribution in [0.2, 0.25) is 10.0 Å². The third kappa shape index (κ3) is 4.59. The number of nitrogens with zero attached hydrogens (tertiary/aromatic N) is 1. The van der Waals surface area contributed by atoms with Crippen LogP contribution in [0.15, 0.2) is 66.7 Å². The third-order valence-corrected chi connectivity index (χ3v) is 6.55. The molecule has 5 nitrogen and oxygen atoms in total. The van der Waals surface area contributed by atoms with Crippen LogP contribution in [0.3, 0.4) is 0 Å². The maximum Gasteiger partial charge on any atom is 0.257 e. The van der Waals surface area contributed by atoms with Crippen molar-refractivity contribution in [1.82, 2.24) is 4.90 Å². The van der Waals surface area contributed by atoms with Gasteiger partial charge in [0, 0.05) is 39.9 Å². The molecule has 0 bridgehead atoms. The van der Waals surface area contributed by atoms with Crippen molar-refractivity contribution >= 4 is 29.1 Å². The number of hydrogen-bond acceptors (Lipinski definition) is 4. The average Bonchev–Trinajstić information content (AvgIpc) is 3.03. The number of halogens is 2. The monoisotopic (exact) mass is 499 g/mol. The first-order valence-electron chi connectivity index (χ1n) is 11.1. The van der Waals surface area contributed by atoms with Gasteiger partial charge in [0.25, 0.3) is 5.91 Å². The molecule has 2 N–H and O–H groups in total. The lowest BCUT2D eigenvalue weighted by Crippen LogP contribution is -2.46. The molecule has 34 heavy (non-hydrogen) atoms. The van der Waals surface area contributed by atoms with E-state index in [4.69, 9.17) is 27.9 Å². The molecule has 0 unspecified atom stereocenters. The second-order valence-electron chi connectivity index (χ2n) is 8.91. The van der Waals surface area contributed by atoms with Gasteiger partial charge in [-0.25, -0.2) is 0 Å². The molecule has 3 aromatic carbocycles. The molecule has 4 rings (SSSR count). The maximum atomic E-state index is 13.9. The molecule has 1 heterocycles. The highest BCUT2D eigenvalue weighted by Gasteiger charge is 2.52. The molecule has 0 radical (unpaired) electrons. The van der Waals surface area contributed by atoms with E-state index >= 15 is 0 Å². The molecule has 0 aliphatic carbocycles. The van der Waals surface area contributed by atoms with Crippen LogP contribution in [0.1, 0.15) is 52.9 Å². The van der Waals surface area contributed by atoms with Gasteiger partial charge in [0.1, 0.15) is 0 Å². The number of benzene rings is 3. The average molecular weight is 500 g/mol. The van der Waals surface area contributed by atoms with E-state index in [1.165, 1.54) is 0 Å². The second-order valence-corrected chi connectivity index (χ2v) is 9.79. The van der Waals surface area contributed by atoms with Crippen molar-refractivity contribution in [1.29, 1.82) is 0 Å². The van der Waals surface area contributed by atoms with E-state index in [2.05, 4.69) is 0 Å². The summed E-state index contributed by atoms with van der Waals surface area (Å²) < 4.78 is 6.50. The zero-order valence-electron chi connectivity index (χ0n) is 19.1. The summed E-state index contributed by atoms with van der Waals surface area (Å²) in [6.45, 7) is 3.83. The number of hydrogen-bond donors (Lipinski definition) is 2. The summed E-state index contributed by atoms with van der Waals surface area (Å²) in [6, 6.07) is 20.0. The fourth-order valence-electron chi connectivity index (χ4n) is 4.30. The van der Waals surface area contributed by atoms with Crippen molar-refractivity contribution in [3.05, 3.63) is 105 Å². The van der Waals surface area contributed by atoms with Gasteiger partial charge in [-0.1, -0.05) is 59.6 Å². The second kappa shape index (κ2) is 9.68. The Morgan fingerprint density at radius 2 is 1.59 bits per heavy atom. The summed E-state index contributed by atoms with van der Waals surface area (Å²) in [7, 11) is 0. The maximum absolute atomic E-state index is 13.9. The first kappa shape index (κ1) is 24.7. The number of carbonyl (C=O) groups is 1. The number of amides is 1. The summed E-state index contributed by atoms with van der Waals surface area (Å²) in [5.41, 5.74) is 1.06. The largest absolute Gasteiger partial charge is 0.396 e. The molecule has 7 heteroatoms. The number of fused-ring (bicyclic) bond motifs is 1. The van der Waals surface area contributed by atoms with E-state index in [0.29, 0.717) is 33.2 Å². The lowest BCUT2D eigenvalue weighted by atomic mass is 9.89. The number of rotatable bonds is 8. The Bertz CT molecular complexity index is 1170. The Labute approximate surface area is 209 Å². The van der Waals surface area contributed by atoms with Crippen LogP contribution in [0.25, 0.3) is 0 Å². The van der Waals surface area contributed by atoms with Crippen LogP contribution in [-0.4, -0.2) is 34.2 Å². The molecule has 0 spiro atoms. The molecule has 1 aliphatic rings. The molecule has 3 aromatic rings. The minimum atomic E-state index is -1.23. The predicted octanol–water partition coefficient (Wildman–Crippen LogP) is 5.48. The number of aliphatic hydroxyl groups excluding tert-OH is 1. The normalized spacial score (nSPS) is 17.8. The van der Waals surface area contributed by atoms with E-state index in [1.807, 2.05) is 36.4 Å². The Morgan fingerprint density at radius 1 is 0.971 bits per heavy atom. The zero-order valence-corrected chi connectivity index (χ0v) is 20.6. The number of aliphatic hydroxyl groups is 2. The minimum absolute atomic E-state index is 0.0354. The molecule has 1 aliphatic heterocycles. The Morgan fingerprint density at radius 3 is 2.18 bits per heavy atom. The van der Waals surface area contributed by atoms with Gasteiger partial charge in [0.05, 0.1) is 12.2 Å². The smallest absolute Gasteiger partial charge is 0.257 e. The van der Waals surface area contributed by atoms with Crippen molar-refractivity contribution in [3.63, 3.8) is 0 Å². The Kier molecular flexibility index (Phi) is 7.04. The Hall–Kier alpha value is -2.41. The quantitative estimate of drug-likeness (QED) is 0.402. The lowest BCUT2D eigenvalue weighted by molar-refractivity contribution is -0.113. The van der Waals surface area contributed by atoms with Crippen LogP contribution >= 0.6 is 23.2 Å². The standard InChI is InChI=1S/C27H27Cl2NO4/c1-26(2,33)20-8-13-24-23(16-20)25(32)30(17-18-4-9-21(28)10-5-18)27(24,34-15-3-14-31)19-6-11-22(29)12-7-19/h4-13,16,31,33H,3,14-15,17H2,1-2H3/t27-/m1/s1. The van der Waals surface area contributed by atoms with Crippen LogP contribution in [0.4, 0.5) is 0 Å². The molecule has 1 amide bonds. The van der Waals surface area contributed by atoms with Gasteiger partial charge < -0.3 is 14.9 Å². The molecule has 0 saturated heterocycles. The number of carbonyl (C=O) groups excluding carboxylic acids is 1. The predicted molar refractivity (Wildman–Crippen MR) is 133 cm³/mol. The van der Waals surface area contributed by atoms with Crippen molar-refractivity contribution < 1.29 is 19.7 Å². The first-order chi connectivity index (χ1) is 16.2. The summed E-state index contributed by atoms with van der Waals surface area (Å²) >= 11 is 12.3. The molecule has 1 atom stereocenters. The van der Waals surface area contributed by atoms with E-state index in [-0.39, 0.29) is 25.7 Å². The summed E-state index contributed by atoms with van der Waals surface area (Å²) in [5.74, 6) is -0.213. The Balaban J connectivity index is 1.92. The van der Waals surface area contributed by atoms with Gasteiger partial charge in [-0.2, -0.15) is 0 Å². The summed E-state index contributed by atoms with van der Waals surface area (Å²) in [4.78, 5) is 15.6. The fraction of sp³-hybridized carbons (Fsp3) is 0.296. The van der Waals surface area contributed by atoms with Gasteiger partial charge in [-0.05, 0) is 61.7 Å². The van der Waals surface area contributed by atoms with Gasteiger partial charge in [0.2, 0.25) is 0 Å². The molecular formula is C27H27Cl2NO4. The SMILES string of the molecule is CC(C)(O)c1ccc2c(c1)C(=O)N(Cc1ccc(Cl)cc1)[C@@]2(OCCCO)c1ccc(Cl)cc1. The van der Waals surface area contributed by atoms with Gasteiger partial charge in [-0.3, -0.25) is 9.69 Å². The van der Waals surface area contributed by atoms with E-state index in [0.717, 1.165) is 11.1 Å². The lowest BCUT2D eigenvalue weighted by Gasteiger charge is -2.39. The topological polar surface area (TPSA) is 70.0 Å². The number of ether oxygens (including phenoxy) is 1. The first-order valence-corrected chi connectivity index (χ1v) is 11.9. The summed E-state index contributed by atoms with van der Waals surface area (Å²) in [6.07, 6.45) is 0.412. The summed E-state index contributed by atoms with van der Waals surface area (Å²) in [5, 5.41) is 21.2. The fourth-order valence-corrected chi connectivity index (χ4v) is 4.55. The van der Waals surface area contributed by atoms with Crippen molar-refractivity contribution in [2.75, 3.05) is 13.2 Å². The van der Waals surface area contributed by atoms with E-state index in [1.54, 1.807) is 49.1 Å². The molecule has 0 fully saturated rings. The van der Waals surface area contributed by atoms with E-state index < -0.39 is 11.3 Å². The molecular weight excluding hydrogens is 473 g/mol. The van der Waals surface area contributed by atoms with E-state index in [9.17, 15) is 15.0 Å². The third-order valence-electron chi connectivity index (χ3n) is 6.05. The van der Waals surface area contributed by atoms with Gasteiger partial charge in [0.15, 0.2) is 5.72 Å². The van der Waals surface area contributed by atoms with Crippen molar-refractivity contribution in [2.24, 2.45) is 0 Å². The highest BCUT2D eigenvalue weighted by Crippen LogP contribution is 2.47. The van der Waals surface area contributed by atoms with Crippen molar-refractivity contribution in [3.8, 4) is 0 Å². The van der Waals surface area contributed by atoms with Gasteiger partial charge in [-0.15, -0.1) is 0 Å². The van der Waals surface area contributed by atoms with Crippen LogP contribution in [0.5, 0.6) is 0 Å². The van der Waals surface area contributed by atoms with Crippen LogP contribution in [-0.2, 0) is 22.6 Å². The van der Waals surface area contributed by atoms with Crippen LogP contribution < -0.4 is 0 Å². The zero-order chi connectivity index (χ0) is 24.5. The molecule has 178 valence electrons. The van der Waals surface area contributed by atoms with Crippen molar-refractivity contribution in [2.45, 2.75) is 38.1 Å². The molecule has 0 saturated carbocycles. The highest BCUT2D eigenvalue weighted by molar-refractivity contribution is 6.30. The molecule has 0 aromatic heterocycles. The minimum Gasteiger partial charge on any atom is -0.396 e. The van der Waals surface area contributed by atoms with Crippen LogP contribution in [0, 0.1) is 0 Å².